The maximum absolute atomic E-state index is 13.2. The molecule has 2 heterocycles. The second-order valence-corrected chi connectivity index (χ2v) is 10.2. The minimum absolute atomic E-state index is 0.00119. The summed E-state index contributed by atoms with van der Waals surface area (Å²) in [6.45, 7) is 3.17. The van der Waals surface area contributed by atoms with E-state index in [4.69, 9.17) is 0 Å². The summed E-state index contributed by atoms with van der Waals surface area (Å²) in [4.78, 5) is 0.154. The molecule has 1 aromatic carbocycles. The van der Waals surface area contributed by atoms with E-state index >= 15 is 0 Å². The number of sulfone groups is 1. The van der Waals surface area contributed by atoms with Gasteiger partial charge in [0.1, 0.15) is 0 Å². The van der Waals surface area contributed by atoms with Crippen LogP contribution in [0.5, 0.6) is 0 Å². The number of sulfonamides is 1. The molecule has 0 aromatic heterocycles. The lowest BCUT2D eigenvalue weighted by Crippen LogP contribution is -2.42. The maximum Gasteiger partial charge on any atom is 0.243 e. The van der Waals surface area contributed by atoms with Gasteiger partial charge in [-0.2, -0.15) is 4.31 Å². The summed E-state index contributed by atoms with van der Waals surface area (Å²) in [5.41, 5.74) is 0.578. The van der Waals surface area contributed by atoms with Crippen molar-refractivity contribution >= 4 is 19.9 Å². The molecular weight excluding hydrogens is 336 g/mol. The first kappa shape index (κ1) is 16.9. The minimum Gasteiger partial charge on any atom is -0.315 e. The van der Waals surface area contributed by atoms with Gasteiger partial charge in [-0.15, -0.1) is 0 Å². The molecule has 0 amide bonds. The predicted molar refractivity (Wildman–Crippen MR) is 87.6 cm³/mol. The Morgan fingerprint density at radius 1 is 1.09 bits per heavy atom. The summed E-state index contributed by atoms with van der Waals surface area (Å²) in [6, 6.07) is 4.29. The number of fused-ring (bicyclic) bond motifs is 2. The van der Waals surface area contributed by atoms with Crippen LogP contribution in [-0.4, -0.2) is 52.6 Å². The Morgan fingerprint density at radius 3 is 2.48 bits per heavy atom. The Labute approximate surface area is 137 Å². The van der Waals surface area contributed by atoms with E-state index in [1.165, 1.54) is 12.1 Å². The van der Waals surface area contributed by atoms with Crippen LogP contribution in [0.25, 0.3) is 0 Å². The molecule has 2 fully saturated rings. The van der Waals surface area contributed by atoms with Gasteiger partial charge in [0.05, 0.1) is 9.79 Å². The molecule has 8 heteroatoms. The molecule has 6 nitrogen and oxygen atoms in total. The van der Waals surface area contributed by atoms with Gasteiger partial charge in [0.2, 0.25) is 10.0 Å². The van der Waals surface area contributed by atoms with Gasteiger partial charge in [0, 0.05) is 24.9 Å². The first-order chi connectivity index (χ1) is 10.7. The van der Waals surface area contributed by atoms with Crippen molar-refractivity contribution in [3.8, 4) is 0 Å². The van der Waals surface area contributed by atoms with Crippen LogP contribution in [0.1, 0.15) is 24.8 Å². The van der Waals surface area contributed by atoms with Gasteiger partial charge in [-0.3, -0.25) is 0 Å². The average molecular weight is 358 g/mol. The molecule has 0 spiro atoms. The van der Waals surface area contributed by atoms with Crippen LogP contribution in [0.2, 0.25) is 0 Å². The Bertz CT molecular complexity index is 804. The van der Waals surface area contributed by atoms with E-state index in [2.05, 4.69) is 5.32 Å². The van der Waals surface area contributed by atoms with Crippen molar-refractivity contribution in [2.75, 3.05) is 19.3 Å². The number of nitrogens with one attached hydrogen (secondary N) is 1. The molecule has 128 valence electrons. The molecule has 1 N–H and O–H groups in total. The van der Waals surface area contributed by atoms with E-state index in [0.29, 0.717) is 12.1 Å². The summed E-state index contributed by atoms with van der Waals surface area (Å²) in [7, 11) is -7.15. The average Bonchev–Trinajstić information content (AvgIpc) is 2.71. The summed E-state index contributed by atoms with van der Waals surface area (Å²) in [5.74, 6) is 0. The largest absolute Gasteiger partial charge is 0.315 e. The third-order valence-corrected chi connectivity index (χ3v) is 7.99. The van der Waals surface area contributed by atoms with Crippen molar-refractivity contribution in [3.63, 3.8) is 0 Å². The third kappa shape index (κ3) is 3.05. The van der Waals surface area contributed by atoms with Crippen LogP contribution in [0.4, 0.5) is 0 Å². The molecule has 2 atom stereocenters. The lowest BCUT2D eigenvalue weighted by atomic mass is 10.1. The fraction of sp³-hybridized carbons (Fsp3) is 0.600. The molecule has 23 heavy (non-hydrogen) atoms. The van der Waals surface area contributed by atoms with Gasteiger partial charge in [-0.25, -0.2) is 16.8 Å². The molecule has 0 aliphatic carbocycles. The molecule has 2 saturated heterocycles. The van der Waals surface area contributed by atoms with E-state index in [0.717, 1.165) is 32.1 Å². The van der Waals surface area contributed by atoms with Crippen LogP contribution >= 0.6 is 0 Å². The molecule has 0 saturated carbocycles. The fourth-order valence-corrected chi connectivity index (χ4v) is 6.41. The Kier molecular flexibility index (Phi) is 4.29. The summed E-state index contributed by atoms with van der Waals surface area (Å²) in [6.07, 6.45) is 3.60. The number of benzene rings is 1. The smallest absolute Gasteiger partial charge is 0.243 e. The van der Waals surface area contributed by atoms with Crippen LogP contribution in [0.15, 0.2) is 28.0 Å². The standard InChI is InChI=1S/C15H22N2O4S2/c1-11-3-6-14(22(2,18)19)9-15(11)23(20,21)17-12-4-5-13(17)10-16-8-7-12/h3,6,9,12-13,16H,4-5,7-8,10H2,1-2H3. The lowest BCUT2D eigenvalue weighted by molar-refractivity contribution is 0.334. The highest BCUT2D eigenvalue weighted by Crippen LogP contribution is 2.35. The van der Waals surface area contributed by atoms with Crippen LogP contribution in [-0.2, 0) is 19.9 Å². The third-order valence-electron chi connectivity index (χ3n) is 4.73. The van der Waals surface area contributed by atoms with E-state index in [1.807, 2.05) is 0 Å². The fourth-order valence-electron chi connectivity index (χ4n) is 3.53. The zero-order valence-electron chi connectivity index (χ0n) is 13.3. The van der Waals surface area contributed by atoms with Crippen molar-refractivity contribution in [2.45, 2.75) is 48.1 Å². The predicted octanol–water partition coefficient (Wildman–Crippen LogP) is 0.914. The van der Waals surface area contributed by atoms with Crippen LogP contribution < -0.4 is 5.32 Å². The zero-order chi connectivity index (χ0) is 16.8. The highest BCUT2D eigenvalue weighted by atomic mass is 32.2. The second-order valence-electron chi connectivity index (χ2n) is 6.41. The van der Waals surface area contributed by atoms with Gasteiger partial charge in [0.15, 0.2) is 9.84 Å². The van der Waals surface area contributed by atoms with Crippen molar-refractivity contribution in [3.05, 3.63) is 23.8 Å². The summed E-state index contributed by atoms with van der Waals surface area (Å²) >= 11 is 0. The SMILES string of the molecule is Cc1ccc(S(C)(=O)=O)cc1S(=O)(=O)N1C2CCNCC1CC2. The molecule has 2 aliphatic rings. The number of rotatable bonds is 3. The van der Waals surface area contributed by atoms with E-state index < -0.39 is 19.9 Å². The zero-order valence-corrected chi connectivity index (χ0v) is 15.0. The molecule has 0 radical (unpaired) electrons. The van der Waals surface area contributed by atoms with Gasteiger partial charge in [0.25, 0.3) is 0 Å². The monoisotopic (exact) mass is 358 g/mol. The molecule has 2 unspecified atom stereocenters. The van der Waals surface area contributed by atoms with E-state index in [9.17, 15) is 16.8 Å². The van der Waals surface area contributed by atoms with E-state index in [1.54, 1.807) is 17.3 Å². The number of nitrogens with zero attached hydrogens (tertiary/aromatic N) is 1. The molecular formula is C15H22N2O4S2. The number of hydrogen-bond donors (Lipinski definition) is 1. The van der Waals surface area contributed by atoms with Gasteiger partial charge >= 0.3 is 0 Å². The topological polar surface area (TPSA) is 83.5 Å². The van der Waals surface area contributed by atoms with Crippen LogP contribution in [0.3, 0.4) is 0 Å². The quantitative estimate of drug-likeness (QED) is 0.868. The second kappa shape index (κ2) is 5.84. The highest BCUT2D eigenvalue weighted by Gasteiger charge is 2.43. The first-order valence-corrected chi connectivity index (χ1v) is 11.1. The number of aryl methyl sites for hydroxylation is 1. The van der Waals surface area contributed by atoms with Crippen molar-refractivity contribution < 1.29 is 16.8 Å². The van der Waals surface area contributed by atoms with Gasteiger partial charge in [-0.05, 0) is 50.4 Å². The van der Waals surface area contributed by atoms with Crippen molar-refractivity contribution in [1.29, 1.82) is 0 Å². The Balaban J connectivity index is 2.10. The van der Waals surface area contributed by atoms with Crippen molar-refractivity contribution in [1.82, 2.24) is 9.62 Å². The molecule has 1 aromatic rings. The first-order valence-electron chi connectivity index (χ1n) is 7.76. The lowest BCUT2D eigenvalue weighted by Gasteiger charge is -2.27. The minimum atomic E-state index is -3.71. The summed E-state index contributed by atoms with van der Waals surface area (Å²) in [5, 5.41) is 3.28. The Morgan fingerprint density at radius 2 is 1.78 bits per heavy atom. The molecule has 2 aliphatic heterocycles. The van der Waals surface area contributed by atoms with Crippen molar-refractivity contribution in [2.24, 2.45) is 0 Å². The van der Waals surface area contributed by atoms with Gasteiger partial charge < -0.3 is 5.32 Å². The molecule has 2 bridgehead atoms. The van der Waals surface area contributed by atoms with Gasteiger partial charge in [-0.1, -0.05) is 6.07 Å². The normalized spacial score (nSPS) is 26.2. The molecule has 3 rings (SSSR count). The highest BCUT2D eigenvalue weighted by molar-refractivity contribution is 7.91. The van der Waals surface area contributed by atoms with Crippen LogP contribution in [0, 0.1) is 6.92 Å². The Hall–Kier alpha value is -0.960. The maximum atomic E-state index is 13.2. The number of hydrogen-bond acceptors (Lipinski definition) is 5. The summed E-state index contributed by atoms with van der Waals surface area (Å²) < 4.78 is 51.6. The van der Waals surface area contributed by atoms with E-state index in [-0.39, 0.29) is 21.9 Å².